The van der Waals surface area contributed by atoms with E-state index in [0.717, 1.165) is 10.2 Å². The number of benzene rings is 2. The number of halogens is 1. The van der Waals surface area contributed by atoms with E-state index in [0.29, 0.717) is 5.56 Å². The second-order valence-corrected chi connectivity index (χ2v) is 6.08. The minimum Gasteiger partial charge on any atom is -0.378 e. The predicted molar refractivity (Wildman–Crippen MR) is 90.6 cm³/mol. The highest BCUT2D eigenvalue weighted by Crippen LogP contribution is 2.24. The first-order valence-electron chi connectivity index (χ1n) is 6.81. The molecule has 2 aromatic carbocycles. The van der Waals surface area contributed by atoms with Gasteiger partial charge in [-0.05, 0) is 36.8 Å². The highest BCUT2D eigenvalue weighted by molar-refractivity contribution is 9.10. The highest BCUT2D eigenvalue weighted by Gasteiger charge is 2.14. The van der Waals surface area contributed by atoms with E-state index in [-0.39, 0.29) is 11.9 Å². The van der Waals surface area contributed by atoms with Gasteiger partial charge in [-0.2, -0.15) is 0 Å². The van der Waals surface area contributed by atoms with Gasteiger partial charge in [-0.25, -0.2) is 0 Å². The maximum atomic E-state index is 12.2. The second kappa shape index (κ2) is 6.76. The Labute approximate surface area is 134 Å². The van der Waals surface area contributed by atoms with E-state index in [1.807, 2.05) is 36.4 Å². The van der Waals surface area contributed by atoms with E-state index >= 15 is 0 Å². The standard InChI is InChI=1S/C17H19BrN2O/c1-12(13-8-10-14(18)11-9-13)19-16-7-5-4-6-15(16)17(21)20(2)3/h4-12,19H,1-3H3. The molecule has 0 aliphatic heterocycles. The molecule has 1 atom stereocenters. The largest absolute Gasteiger partial charge is 0.378 e. The second-order valence-electron chi connectivity index (χ2n) is 5.16. The molecule has 0 saturated heterocycles. The number of anilines is 1. The van der Waals surface area contributed by atoms with Crippen LogP contribution in [0.15, 0.2) is 53.0 Å². The van der Waals surface area contributed by atoms with Gasteiger partial charge in [0, 0.05) is 30.3 Å². The molecule has 4 heteroatoms. The summed E-state index contributed by atoms with van der Waals surface area (Å²) in [5.41, 5.74) is 2.71. The summed E-state index contributed by atoms with van der Waals surface area (Å²) >= 11 is 3.44. The highest BCUT2D eigenvalue weighted by atomic mass is 79.9. The number of nitrogens with zero attached hydrogens (tertiary/aromatic N) is 1. The topological polar surface area (TPSA) is 32.3 Å². The number of carbonyl (C=O) groups is 1. The number of amides is 1. The minimum atomic E-state index is 0.00102. The maximum absolute atomic E-state index is 12.2. The number of nitrogens with one attached hydrogen (secondary N) is 1. The Bertz CT molecular complexity index is 623. The molecule has 110 valence electrons. The first kappa shape index (κ1) is 15.6. The fourth-order valence-electron chi connectivity index (χ4n) is 2.10. The molecule has 0 aromatic heterocycles. The van der Waals surface area contributed by atoms with Gasteiger partial charge in [-0.3, -0.25) is 4.79 Å². The lowest BCUT2D eigenvalue weighted by Crippen LogP contribution is -2.23. The average molecular weight is 347 g/mol. The van der Waals surface area contributed by atoms with E-state index in [1.54, 1.807) is 19.0 Å². The Balaban J connectivity index is 2.23. The molecule has 0 saturated carbocycles. The van der Waals surface area contributed by atoms with E-state index in [9.17, 15) is 4.79 Å². The predicted octanol–water partition coefficient (Wildman–Crippen LogP) is 4.32. The monoisotopic (exact) mass is 346 g/mol. The van der Waals surface area contributed by atoms with E-state index < -0.39 is 0 Å². The van der Waals surface area contributed by atoms with Crippen molar-refractivity contribution in [1.29, 1.82) is 0 Å². The summed E-state index contributed by atoms with van der Waals surface area (Å²) in [4.78, 5) is 13.8. The Morgan fingerprint density at radius 1 is 1.10 bits per heavy atom. The molecule has 0 aliphatic rings. The van der Waals surface area contributed by atoms with Gasteiger partial charge in [-0.1, -0.05) is 40.2 Å². The van der Waals surface area contributed by atoms with Crippen LogP contribution in [-0.2, 0) is 0 Å². The third kappa shape index (κ3) is 3.85. The van der Waals surface area contributed by atoms with Gasteiger partial charge in [0.2, 0.25) is 0 Å². The summed E-state index contributed by atoms with van der Waals surface area (Å²) in [6.45, 7) is 2.08. The lowest BCUT2D eigenvalue weighted by Gasteiger charge is -2.20. The molecule has 2 rings (SSSR count). The number of hydrogen-bond donors (Lipinski definition) is 1. The van der Waals surface area contributed by atoms with Gasteiger partial charge in [0.15, 0.2) is 0 Å². The molecule has 0 bridgehead atoms. The van der Waals surface area contributed by atoms with E-state index in [2.05, 4.69) is 40.3 Å². The third-order valence-corrected chi connectivity index (χ3v) is 3.83. The van der Waals surface area contributed by atoms with Crippen LogP contribution in [0.5, 0.6) is 0 Å². The first-order valence-corrected chi connectivity index (χ1v) is 7.61. The summed E-state index contributed by atoms with van der Waals surface area (Å²) in [6, 6.07) is 15.9. The van der Waals surface area contributed by atoms with E-state index in [1.165, 1.54) is 5.56 Å². The van der Waals surface area contributed by atoms with Gasteiger partial charge >= 0.3 is 0 Å². The van der Waals surface area contributed by atoms with Gasteiger partial charge in [-0.15, -0.1) is 0 Å². The zero-order valence-electron chi connectivity index (χ0n) is 12.4. The lowest BCUT2D eigenvalue weighted by molar-refractivity contribution is 0.0828. The summed E-state index contributed by atoms with van der Waals surface area (Å²) in [5, 5.41) is 3.42. The van der Waals surface area contributed by atoms with Crippen LogP contribution in [0.2, 0.25) is 0 Å². The Morgan fingerprint density at radius 2 is 1.71 bits per heavy atom. The van der Waals surface area contributed by atoms with Crippen LogP contribution < -0.4 is 5.32 Å². The minimum absolute atomic E-state index is 0.00102. The van der Waals surface area contributed by atoms with Crippen molar-refractivity contribution in [3.8, 4) is 0 Å². The van der Waals surface area contributed by atoms with Gasteiger partial charge in [0.25, 0.3) is 5.91 Å². The van der Waals surface area contributed by atoms with Crippen molar-refractivity contribution in [2.24, 2.45) is 0 Å². The van der Waals surface area contributed by atoms with Crippen LogP contribution in [0.1, 0.15) is 28.9 Å². The number of carbonyl (C=O) groups excluding carboxylic acids is 1. The number of para-hydroxylation sites is 1. The van der Waals surface area contributed by atoms with Crippen molar-refractivity contribution in [1.82, 2.24) is 4.90 Å². The molecule has 1 amide bonds. The molecule has 2 aromatic rings. The van der Waals surface area contributed by atoms with Crippen LogP contribution in [0.4, 0.5) is 5.69 Å². The maximum Gasteiger partial charge on any atom is 0.255 e. The SMILES string of the molecule is CC(Nc1ccccc1C(=O)N(C)C)c1ccc(Br)cc1. The summed E-state index contributed by atoms with van der Waals surface area (Å²) in [6.07, 6.45) is 0. The molecule has 1 unspecified atom stereocenters. The zero-order valence-corrected chi connectivity index (χ0v) is 14.0. The Kier molecular flexibility index (Phi) is 5.02. The molecule has 0 aliphatic carbocycles. The van der Waals surface area contributed by atoms with Crippen molar-refractivity contribution >= 4 is 27.5 Å². The molecular formula is C17H19BrN2O. The summed E-state index contributed by atoms with van der Waals surface area (Å²) in [7, 11) is 3.52. The third-order valence-electron chi connectivity index (χ3n) is 3.31. The summed E-state index contributed by atoms with van der Waals surface area (Å²) in [5.74, 6) is 0.00102. The van der Waals surface area contributed by atoms with Gasteiger partial charge in [0.05, 0.1) is 5.56 Å². The van der Waals surface area contributed by atoms with Crippen LogP contribution in [0.3, 0.4) is 0 Å². The molecular weight excluding hydrogens is 328 g/mol. The van der Waals surface area contributed by atoms with Crippen molar-refractivity contribution < 1.29 is 4.79 Å². The average Bonchev–Trinajstić information content (AvgIpc) is 2.47. The Morgan fingerprint density at radius 3 is 2.33 bits per heavy atom. The van der Waals surface area contributed by atoms with Crippen molar-refractivity contribution in [2.45, 2.75) is 13.0 Å². The molecule has 21 heavy (non-hydrogen) atoms. The van der Waals surface area contributed by atoms with Crippen LogP contribution in [0, 0.1) is 0 Å². The first-order chi connectivity index (χ1) is 9.99. The van der Waals surface area contributed by atoms with Crippen molar-refractivity contribution in [3.63, 3.8) is 0 Å². The van der Waals surface area contributed by atoms with Gasteiger partial charge < -0.3 is 10.2 Å². The van der Waals surface area contributed by atoms with Gasteiger partial charge in [0.1, 0.15) is 0 Å². The Hall–Kier alpha value is -1.81. The fourth-order valence-corrected chi connectivity index (χ4v) is 2.37. The lowest BCUT2D eigenvalue weighted by atomic mass is 10.1. The number of rotatable bonds is 4. The molecule has 1 N–H and O–H groups in total. The van der Waals surface area contributed by atoms with Crippen LogP contribution >= 0.6 is 15.9 Å². The molecule has 0 heterocycles. The molecule has 0 radical (unpaired) electrons. The molecule has 0 spiro atoms. The smallest absolute Gasteiger partial charge is 0.255 e. The molecule has 0 fully saturated rings. The van der Waals surface area contributed by atoms with Crippen LogP contribution in [-0.4, -0.2) is 24.9 Å². The zero-order chi connectivity index (χ0) is 15.4. The molecule has 3 nitrogen and oxygen atoms in total. The van der Waals surface area contributed by atoms with Crippen molar-refractivity contribution in [3.05, 3.63) is 64.1 Å². The van der Waals surface area contributed by atoms with E-state index in [4.69, 9.17) is 0 Å². The quantitative estimate of drug-likeness (QED) is 0.893. The normalized spacial score (nSPS) is 11.8. The van der Waals surface area contributed by atoms with Crippen molar-refractivity contribution in [2.75, 3.05) is 19.4 Å². The number of hydrogen-bond acceptors (Lipinski definition) is 2. The van der Waals surface area contributed by atoms with Crippen LogP contribution in [0.25, 0.3) is 0 Å². The fraction of sp³-hybridized carbons (Fsp3) is 0.235. The summed E-state index contributed by atoms with van der Waals surface area (Å²) < 4.78 is 1.06.